The van der Waals surface area contributed by atoms with Gasteiger partial charge in [-0.2, -0.15) is 0 Å². The Morgan fingerprint density at radius 2 is 1.94 bits per heavy atom. The van der Waals surface area contributed by atoms with Crippen molar-refractivity contribution >= 4 is 11.6 Å². The van der Waals surface area contributed by atoms with Crippen LogP contribution in [0.1, 0.15) is 26.1 Å². The quantitative estimate of drug-likeness (QED) is 0.776. The second kappa shape index (κ2) is 7.16. The first-order valence-corrected chi connectivity index (χ1v) is 6.52. The standard InChI is InChI=1S/C13H25N5/c1-6-10(2)15-13-9-12(16-11(3)17-13)14-7-8-18(4)5/h9-10H,6-8H2,1-5H3,(H2,14,15,16,17). The van der Waals surface area contributed by atoms with Gasteiger partial charge in [0.2, 0.25) is 0 Å². The van der Waals surface area contributed by atoms with Crippen LogP contribution in [0, 0.1) is 6.92 Å². The normalized spacial score (nSPS) is 12.6. The van der Waals surface area contributed by atoms with Gasteiger partial charge in [0.1, 0.15) is 17.5 Å². The van der Waals surface area contributed by atoms with E-state index in [2.05, 4.69) is 53.4 Å². The van der Waals surface area contributed by atoms with Gasteiger partial charge in [0.15, 0.2) is 0 Å². The van der Waals surface area contributed by atoms with Crippen molar-refractivity contribution < 1.29 is 0 Å². The van der Waals surface area contributed by atoms with Gasteiger partial charge in [-0.3, -0.25) is 0 Å². The Morgan fingerprint density at radius 3 is 2.56 bits per heavy atom. The van der Waals surface area contributed by atoms with Gasteiger partial charge < -0.3 is 15.5 Å². The highest BCUT2D eigenvalue weighted by Crippen LogP contribution is 2.12. The van der Waals surface area contributed by atoms with E-state index in [9.17, 15) is 0 Å². The molecule has 1 atom stereocenters. The van der Waals surface area contributed by atoms with E-state index in [0.717, 1.165) is 37.0 Å². The summed E-state index contributed by atoms with van der Waals surface area (Å²) in [5.41, 5.74) is 0. The molecule has 18 heavy (non-hydrogen) atoms. The lowest BCUT2D eigenvalue weighted by molar-refractivity contribution is 0.425. The average molecular weight is 251 g/mol. The molecule has 0 aliphatic heterocycles. The number of aryl methyl sites for hydroxylation is 1. The van der Waals surface area contributed by atoms with Crippen molar-refractivity contribution in [2.24, 2.45) is 0 Å². The number of hydrogen-bond acceptors (Lipinski definition) is 5. The van der Waals surface area contributed by atoms with Crippen LogP contribution in [-0.2, 0) is 0 Å². The summed E-state index contributed by atoms with van der Waals surface area (Å²) in [5, 5.41) is 6.69. The van der Waals surface area contributed by atoms with Crippen molar-refractivity contribution in [3.05, 3.63) is 11.9 Å². The van der Waals surface area contributed by atoms with Crippen LogP contribution in [-0.4, -0.2) is 48.1 Å². The van der Waals surface area contributed by atoms with Crippen molar-refractivity contribution in [3.8, 4) is 0 Å². The molecule has 1 unspecified atom stereocenters. The van der Waals surface area contributed by atoms with E-state index in [0.29, 0.717) is 6.04 Å². The lowest BCUT2D eigenvalue weighted by atomic mass is 10.2. The van der Waals surface area contributed by atoms with Gasteiger partial charge in [-0.05, 0) is 34.4 Å². The van der Waals surface area contributed by atoms with Gasteiger partial charge in [-0.15, -0.1) is 0 Å². The van der Waals surface area contributed by atoms with Crippen molar-refractivity contribution in [3.63, 3.8) is 0 Å². The number of anilines is 2. The molecule has 2 N–H and O–H groups in total. The van der Waals surface area contributed by atoms with Crippen molar-refractivity contribution in [2.45, 2.75) is 33.2 Å². The van der Waals surface area contributed by atoms with E-state index in [1.807, 2.05) is 13.0 Å². The molecule has 1 rings (SSSR count). The van der Waals surface area contributed by atoms with Crippen molar-refractivity contribution in [2.75, 3.05) is 37.8 Å². The van der Waals surface area contributed by atoms with Gasteiger partial charge in [-0.1, -0.05) is 6.92 Å². The molecular formula is C13H25N5. The Hall–Kier alpha value is -1.36. The third-order valence-electron chi connectivity index (χ3n) is 2.71. The highest BCUT2D eigenvalue weighted by atomic mass is 15.1. The number of nitrogens with one attached hydrogen (secondary N) is 2. The Labute approximate surface area is 110 Å². The molecule has 1 heterocycles. The molecule has 102 valence electrons. The Kier molecular flexibility index (Phi) is 5.85. The van der Waals surface area contributed by atoms with Gasteiger partial charge in [-0.25, -0.2) is 9.97 Å². The zero-order valence-electron chi connectivity index (χ0n) is 12.1. The minimum atomic E-state index is 0.425. The third kappa shape index (κ3) is 5.31. The fourth-order valence-corrected chi connectivity index (χ4v) is 1.49. The first-order valence-electron chi connectivity index (χ1n) is 6.52. The molecule has 5 heteroatoms. The number of aromatic nitrogens is 2. The van der Waals surface area contributed by atoms with E-state index in [4.69, 9.17) is 0 Å². The summed E-state index contributed by atoms with van der Waals surface area (Å²) in [4.78, 5) is 10.9. The first kappa shape index (κ1) is 14.7. The maximum atomic E-state index is 4.39. The highest BCUT2D eigenvalue weighted by molar-refractivity contribution is 5.47. The predicted molar refractivity (Wildman–Crippen MR) is 77.2 cm³/mol. The van der Waals surface area contributed by atoms with Crippen LogP contribution < -0.4 is 10.6 Å². The second-order valence-electron chi connectivity index (χ2n) is 4.87. The molecule has 0 radical (unpaired) electrons. The Morgan fingerprint density at radius 1 is 1.28 bits per heavy atom. The molecule has 0 saturated carbocycles. The fourth-order valence-electron chi connectivity index (χ4n) is 1.49. The van der Waals surface area contributed by atoms with Gasteiger partial charge >= 0.3 is 0 Å². The largest absolute Gasteiger partial charge is 0.369 e. The first-order chi connectivity index (χ1) is 8.51. The molecule has 0 bridgehead atoms. The van der Waals surface area contributed by atoms with E-state index in [-0.39, 0.29) is 0 Å². The van der Waals surface area contributed by atoms with E-state index in [1.54, 1.807) is 0 Å². The summed E-state index contributed by atoms with van der Waals surface area (Å²) in [6.45, 7) is 8.08. The molecule has 0 amide bonds. The summed E-state index contributed by atoms with van der Waals surface area (Å²) in [6, 6.07) is 2.39. The summed E-state index contributed by atoms with van der Waals surface area (Å²) in [5.74, 6) is 2.56. The molecule has 0 spiro atoms. The molecule has 1 aromatic heterocycles. The number of likely N-dealkylation sites (N-methyl/N-ethyl adjacent to an activating group) is 1. The monoisotopic (exact) mass is 251 g/mol. The Bertz CT molecular complexity index is 364. The minimum absolute atomic E-state index is 0.425. The average Bonchev–Trinajstić information content (AvgIpc) is 2.27. The van der Waals surface area contributed by atoms with Crippen LogP contribution in [0.15, 0.2) is 6.07 Å². The molecule has 5 nitrogen and oxygen atoms in total. The summed E-state index contributed by atoms with van der Waals surface area (Å²) in [7, 11) is 4.12. The van der Waals surface area contributed by atoms with Crippen molar-refractivity contribution in [1.82, 2.24) is 14.9 Å². The van der Waals surface area contributed by atoms with Gasteiger partial charge in [0.05, 0.1) is 0 Å². The lowest BCUT2D eigenvalue weighted by Gasteiger charge is -2.15. The van der Waals surface area contributed by atoms with Crippen LogP contribution >= 0.6 is 0 Å². The predicted octanol–water partition coefficient (Wildman–Crippen LogP) is 1.97. The molecule has 0 saturated heterocycles. The zero-order valence-corrected chi connectivity index (χ0v) is 12.1. The minimum Gasteiger partial charge on any atom is -0.369 e. The SMILES string of the molecule is CCC(C)Nc1cc(NCCN(C)C)nc(C)n1. The molecule has 0 aliphatic rings. The fraction of sp³-hybridized carbons (Fsp3) is 0.692. The number of rotatable bonds is 7. The summed E-state index contributed by atoms with van der Waals surface area (Å²) in [6.07, 6.45) is 1.08. The maximum Gasteiger partial charge on any atom is 0.132 e. The second-order valence-corrected chi connectivity index (χ2v) is 4.87. The summed E-state index contributed by atoms with van der Waals surface area (Å²) >= 11 is 0. The van der Waals surface area contributed by atoms with Crippen LogP contribution in [0.4, 0.5) is 11.6 Å². The van der Waals surface area contributed by atoms with Gasteiger partial charge in [0, 0.05) is 25.2 Å². The molecule has 0 aromatic carbocycles. The molecule has 0 aliphatic carbocycles. The topological polar surface area (TPSA) is 53.1 Å². The summed E-state index contributed by atoms with van der Waals surface area (Å²) < 4.78 is 0. The van der Waals surface area contributed by atoms with Crippen LogP contribution in [0.25, 0.3) is 0 Å². The smallest absolute Gasteiger partial charge is 0.132 e. The van der Waals surface area contributed by atoms with E-state index in [1.165, 1.54) is 0 Å². The number of hydrogen-bond donors (Lipinski definition) is 2. The van der Waals surface area contributed by atoms with Gasteiger partial charge in [0.25, 0.3) is 0 Å². The molecular weight excluding hydrogens is 226 g/mol. The maximum absolute atomic E-state index is 4.39. The highest BCUT2D eigenvalue weighted by Gasteiger charge is 2.04. The Balaban J connectivity index is 2.62. The van der Waals surface area contributed by atoms with E-state index >= 15 is 0 Å². The zero-order chi connectivity index (χ0) is 13.5. The van der Waals surface area contributed by atoms with Crippen LogP contribution in [0.5, 0.6) is 0 Å². The van der Waals surface area contributed by atoms with Crippen LogP contribution in [0.3, 0.4) is 0 Å². The van der Waals surface area contributed by atoms with Crippen LogP contribution in [0.2, 0.25) is 0 Å². The molecule has 0 fully saturated rings. The van der Waals surface area contributed by atoms with Crippen molar-refractivity contribution in [1.29, 1.82) is 0 Å². The van der Waals surface area contributed by atoms with E-state index < -0.39 is 0 Å². The number of nitrogens with zero attached hydrogens (tertiary/aromatic N) is 3. The molecule has 1 aromatic rings. The lowest BCUT2D eigenvalue weighted by Crippen LogP contribution is -2.21. The third-order valence-corrected chi connectivity index (χ3v) is 2.71.